The van der Waals surface area contributed by atoms with Crippen LogP contribution in [-0.4, -0.2) is 61.4 Å². The standard InChI is InChI=1S/C15H24N2O3/c1-15(2)9-13(18)12(14(19)10-15)11-16-3-4-17-5-7-20-8-6-17/h11,18H,3-10H2,1-2H3. The third-order valence-corrected chi connectivity index (χ3v) is 3.77. The molecule has 112 valence electrons. The number of ether oxygens (including phenoxy) is 1. The van der Waals surface area contributed by atoms with Gasteiger partial charge in [0.1, 0.15) is 5.76 Å². The Morgan fingerprint density at radius 3 is 2.70 bits per heavy atom. The molecule has 1 aliphatic carbocycles. The van der Waals surface area contributed by atoms with E-state index in [4.69, 9.17) is 4.74 Å². The Bertz CT molecular complexity index is 421. The van der Waals surface area contributed by atoms with E-state index in [1.54, 1.807) is 6.21 Å². The minimum absolute atomic E-state index is 0.00567. The Morgan fingerprint density at radius 2 is 2.05 bits per heavy atom. The molecule has 0 radical (unpaired) electrons. The van der Waals surface area contributed by atoms with Crippen LogP contribution in [0.2, 0.25) is 0 Å². The molecule has 0 saturated carbocycles. The predicted molar refractivity (Wildman–Crippen MR) is 78.3 cm³/mol. The molecule has 1 aliphatic heterocycles. The molecule has 20 heavy (non-hydrogen) atoms. The molecule has 1 saturated heterocycles. The van der Waals surface area contributed by atoms with Gasteiger partial charge in [-0.05, 0) is 5.41 Å². The van der Waals surface area contributed by atoms with E-state index in [1.165, 1.54) is 0 Å². The highest BCUT2D eigenvalue weighted by atomic mass is 16.5. The summed E-state index contributed by atoms with van der Waals surface area (Å²) in [6.45, 7) is 8.95. The van der Waals surface area contributed by atoms with E-state index >= 15 is 0 Å². The second-order valence-electron chi connectivity index (χ2n) is 6.29. The molecule has 0 bridgehead atoms. The van der Waals surface area contributed by atoms with Gasteiger partial charge in [-0.15, -0.1) is 0 Å². The number of morpholine rings is 1. The summed E-state index contributed by atoms with van der Waals surface area (Å²) in [7, 11) is 0. The van der Waals surface area contributed by atoms with E-state index < -0.39 is 0 Å². The first kappa shape index (κ1) is 15.2. The molecule has 0 aromatic rings. The number of hydrogen-bond acceptors (Lipinski definition) is 5. The van der Waals surface area contributed by atoms with Gasteiger partial charge in [0.05, 0.1) is 25.3 Å². The molecule has 0 spiro atoms. The van der Waals surface area contributed by atoms with E-state index in [1.807, 2.05) is 13.8 Å². The molecular weight excluding hydrogens is 256 g/mol. The van der Waals surface area contributed by atoms with E-state index in [9.17, 15) is 9.90 Å². The smallest absolute Gasteiger partial charge is 0.168 e. The maximum absolute atomic E-state index is 12.0. The summed E-state index contributed by atoms with van der Waals surface area (Å²) in [5, 5.41) is 9.96. The highest BCUT2D eigenvalue weighted by molar-refractivity contribution is 6.14. The summed E-state index contributed by atoms with van der Waals surface area (Å²) in [5.41, 5.74) is 0.248. The van der Waals surface area contributed by atoms with Crippen LogP contribution in [0.4, 0.5) is 0 Å². The lowest BCUT2D eigenvalue weighted by Crippen LogP contribution is -2.37. The van der Waals surface area contributed by atoms with Gasteiger partial charge in [0, 0.05) is 38.7 Å². The van der Waals surface area contributed by atoms with Gasteiger partial charge in [-0.1, -0.05) is 13.8 Å². The van der Waals surface area contributed by atoms with Gasteiger partial charge in [-0.25, -0.2) is 0 Å². The number of carbonyl (C=O) groups is 1. The number of Topliss-reactive ketones (excluding diaryl/α,β-unsaturated/α-hetero) is 1. The Kier molecular flexibility index (Phi) is 4.94. The molecule has 1 N–H and O–H groups in total. The number of hydrogen-bond donors (Lipinski definition) is 1. The second-order valence-corrected chi connectivity index (χ2v) is 6.29. The van der Waals surface area contributed by atoms with E-state index in [0.717, 1.165) is 32.8 Å². The molecule has 5 heteroatoms. The molecule has 2 rings (SSSR count). The molecular formula is C15H24N2O3. The van der Waals surface area contributed by atoms with Crippen molar-refractivity contribution in [1.82, 2.24) is 4.90 Å². The van der Waals surface area contributed by atoms with Crippen LogP contribution in [0.3, 0.4) is 0 Å². The van der Waals surface area contributed by atoms with Gasteiger partial charge >= 0.3 is 0 Å². The third kappa shape index (κ3) is 4.15. The summed E-state index contributed by atoms with van der Waals surface area (Å²) < 4.78 is 5.28. The Morgan fingerprint density at radius 1 is 1.35 bits per heavy atom. The van der Waals surface area contributed by atoms with Crippen molar-refractivity contribution in [1.29, 1.82) is 0 Å². The summed E-state index contributed by atoms with van der Waals surface area (Å²) in [4.78, 5) is 18.6. The number of aliphatic hydroxyl groups excluding tert-OH is 1. The number of nitrogens with zero attached hydrogens (tertiary/aromatic N) is 2. The van der Waals surface area contributed by atoms with Crippen molar-refractivity contribution in [2.45, 2.75) is 26.7 Å². The molecule has 0 aromatic heterocycles. The summed E-state index contributed by atoms with van der Waals surface area (Å²) >= 11 is 0. The minimum Gasteiger partial charge on any atom is -0.511 e. The number of aliphatic imine (C=N–C) groups is 1. The number of ketones is 1. The first-order valence-corrected chi connectivity index (χ1v) is 7.23. The largest absolute Gasteiger partial charge is 0.511 e. The van der Waals surface area contributed by atoms with Gasteiger partial charge in [0.2, 0.25) is 0 Å². The molecule has 0 aromatic carbocycles. The van der Waals surface area contributed by atoms with E-state index in [0.29, 0.717) is 25.0 Å². The van der Waals surface area contributed by atoms with E-state index in [-0.39, 0.29) is 17.0 Å². The van der Waals surface area contributed by atoms with Crippen LogP contribution in [0.5, 0.6) is 0 Å². The fraction of sp³-hybridized carbons (Fsp3) is 0.733. The fourth-order valence-corrected chi connectivity index (χ4v) is 2.63. The van der Waals surface area contributed by atoms with Crippen molar-refractivity contribution in [3.05, 3.63) is 11.3 Å². The first-order valence-electron chi connectivity index (χ1n) is 7.23. The summed E-state index contributed by atoms with van der Waals surface area (Å²) in [5.74, 6) is 0.176. The second kappa shape index (κ2) is 6.50. The lowest BCUT2D eigenvalue weighted by molar-refractivity contribution is -0.117. The van der Waals surface area contributed by atoms with Gasteiger partial charge in [-0.3, -0.25) is 14.7 Å². The molecule has 0 atom stereocenters. The van der Waals surface area contributed by atoms with Crippen LogP contribution in [0, 0.1) is 5.41 Å². The van der Waals surface area contributed by atoms with Gasteiger partial charge in [0.25, 0.3) is 0 Å². The van der Waals surface area contributed by atoms with Crippen molar-refractivity contribution in [2.24, 2.45) is 10.4 Å². The van der Waals surface area contributed by atoms with Gasteiger partial charge in [0.15, 0.2) is 5.78 Å². The van der Waals surface area contributed by atoms with Crippen LogP contribution in [0.1, 0.15) is 26.7 Å². The van der Waals surface area contributed by atoms with Crippen LogP contribution in [0.25, 0.3) is 0 Å². The molecule has 1 heterocycles. The van der Waals surface area contributed by atoms with Crippen LogP contribution in [0.15, 0.2) is 16.3 Å². The van der Waals surface area contributed by atoms with Crippen LogP contribution in [-0.2, 0) is 9.53 Å². The highest BCUT2D eigenvalue weighted by Crippen LogP contribution is 2.35. The van der Waals surface area contributed by atoms with Crippen molar-refractivity contribution >= 4 is 12.0 Å². The highest BCUT2D eigenvalue weighted by Gasteiger charge is 2.32. The SMILES string of the molecule is CC1(C)CC(=O)C(C=NCCN2CCOCC2)=C(O)C1. The van der Waals surface area contributed by atoms with Gasteiger partial charge in [-0.2, -0.15) is 0 Å². The molecule has 1 fully saturated rings. The lowest BCUT2D eigenvalue weighted by atomic mass is 9.77. The first-order chi connectivity index (χ1) is 9.48. The zero-order valence-electron chi connectivity index (χ0n) is 12.4. The molecule has 0 unspecified atom stereocenters. The van der Waals surface area contributed by atoms with Crippen molar-refractivity contribution in [2.75, 3.05) is 39.4 Å². The predicted octanol–water partition coefficient (Wildman–Crippen LogP) is 1.59. The number of aliphatic hydroxyl groups is 1. The summed E-state index contributed by atoms with van der Waals surface area (Å²) in [6, 6.07) is 0. The fourth-order valence-electron chi connectivity index (χ4n) is 2.63. The Hall–Kier alpha value is -1.20. The topological polar surface area (TPSA) is 62.1 Å². The van der Waals surface area contributed by atoms with Crippen molar-refractivity contribution < 1.29 is 14.6 Å². The lowest BCUT2D eigenvalue weighted by Gasteiger charge is -2.28. The molecule has 5 nitrogen and oxygen atoms in total. The quantitative estimate of drug-likeness (QED) is 0.794. The monoisotopic (exact) mass is 280 g/mol. The number of carbonyl (C=O) groups excluding carboxylic acids is 1. The average Bonchev–Trinajstić information content (AvgIpc) is 2.37. The number of allylic oxidation sites excluding steroid dienone is 2. The van der Waals surface area contributed by atoms with E-state index in [2.05, 4.69) is 9.89 Å². The summed E-state index contributed by atoms with van der Waals surface area (Å²) in [6.07, 6.45) is 2.57. The van der Waals surface area contributed by atoms with Crippen molar-refractivity contribution in [3.63, 3.8) is 0 Å². The normalized spacial score (nSPS) is 24.6. The Labute approximate surface area is 120 Å². The zero-order chi connectivity index (χ0) is 14.6. The van der Waals surface area contributed by atoms with Crippen LogP contribution >= 0.6 is 0 Å². The third-order valence-electron chi connectivity index (χ3n) is 3.77. The van der Waals surface area contributed by atoms with Crippen molar-refractivity contribution in [3.8, 4) is 0 Å². The van der Waals surface area contributed by atoms with Gasteiger partial charge < -0.3 is 9.84 Å². The average molecular weight is 280 g/mol. The maximum atomic E-state index is 12.0. The Balaban J connectivity index is 1.85. The molecule has 0 amide bonds. The zero-order valence-corrected chi connectivity index (χ0v) is 12.4. The number of rotatable bonds is 4. The maximum Gasteiger partial charge on any atom is 0.168 e. The van der Waals surface area contributed by atoms with Crippen LogP contribution < -0.4 is 0 Å². The minimum atomic E-state index is -0.147. The molecule has 2 aliphatic rings.